The predicted molar refractivity (Wildman–Crippen MR) is 88.9 cm³/mol. The number of nitrogens with two attached hydrogens (primary N) is 1. The Balaban J connectivity index is 2.53. The molecule has 0 fully saturated rings. The van der Waals surface area contributed by atoms with Gasteiger partial charge in [-0.25, -0.2) is 0 Å². The van der Waals surface area contributed by atoms with E-state index < -0.39 is 0 Å². The molecule has 1 aromatic carbocycles. The quantitative estimate of drug-likeness (QED) is 0.906. The highest BCUT2D eigenvalue weighted by Gasteiger charge is 2.24. The van der Waals surface area contributed by atoms with E-state index in [1.807, 2.05) is 24.3 Å². The van der Waals surface area contributed by atoms with E-state index in [4.69, 9.17) is 22.4 Å². The average molecular weight is 306 g/mol. The van der Waals surface area contributed by atoms with E-state index in [1.54, 1.807) is 0 Å². The first-order valence-corrected chi connectivity index (χ1v) is 7.93. The zero-order valence-corrected chi connectivity index (χ0v) is 14.0. The van der Waals surface area contributed by atoms with Gasteiger partial charge in [-0.05, 0) is 49.9 Å². The Hall–Kier alpha value is -1.32. The van der Waals surface area contributed by atoms with E-state index in [0.29, 0.717) is 0 Å². The Bertz CT molecular complexity index is 601. The third-order valence-electron chi connectivity index (χ3n) is 4.18. The summed E-state index contributed by atoms with van der Waals surface area (Å²) >= 11 is 6.01. The summed E-state index contributed by atoms with van der Waals surface area (Å²) in [7, 11) is 0. The molecule has 114 valence electrons. The van der Waals surface area contributed by atoms with Crippen LogP contribution in [0, 0.1) is 13.8 Å². The van der Waals surface area contributed by atoms with Crippen molar-refractivity contribution in [1.82, 2.24) is 9.78 Å². The summed E-state index contributed by atoms with van der Waals surface area (Å²) in [6, 6.07) is 7.99. The number of halogens is 1. The molecule has 0 saturated carbocycles. The van der Waals surface area contributed by atoms with Gasteiger partial charge < -0.3 is 5.73 Å². The Morgan fingerprint density at radius 1 is 1.19 bits per heavy atom. The van der Waals surface area contributed by atoms with Crippen LogP contribution in [0.3, 0.4) is 0 Å². The predicted octanol–water partition coefficient (Wildman–Crippen LogP) is 4.04. The van der Waals surface area contributed by atoms with Crippen LogP contribution in [0.5, 0.6) is 0 Å². The lowest BCUT2D eigenvalue weighted by atomic mass is 9.97. The minimum Gasteiger partial charge on any atom is -0.326 e. The first-order valence-electron chi connectivity index (χ1n) is 7.55. The molecule has 21 heavy (non-hydrogen) atoms. The SMILES string of the molecule is CCc1c(C)nn(C(c2ccc(Cl)cc2)C(N)CC)c1C. The van der Waals surface area contributed by atoms with Crippen molar-refractivity contribution in [3.05, 3.63) is 51.8 Å². The molecule has 2 atom stereocenters. The standard InChI is InChI=1S/C17H24ClN3/c1-5-15-11(3)20-21(12(15)4)17(16(19)6-2)13-7-9-14(18)10-8-13/h7-10,16-17H,5-6,19H2,1-4H3. The van der Waals surface area contributed by atoms with Gasteiger partial charge in [0.2, 0.25) is 0 Å². The fourth-order valence-corrected chi connectivity index (χ4v) is 3.06. The molecular formula is C17H24ClN3. The Labute approximate surface area is 132 Å². The third kappa shape index (κ3) is 3.14. The molecule has 4 heteroatoms. The Morgan fingerprint density at radius 2 is 1.81 bits per heavy atom. The van der Waals surface area contributed by atoms with Crippen molar-refractivity contribution in [2.24, 2.45) is 5.73 Å². The van der Waals surface area contributed by atoms with Crippen molar-refractivity contribution in [2.75, 3.05) is 0 Å². The van der Waals surface area contributed by atoms with Gasteiger partial charge in [0.25, 0.3) is 0 Å². The number of hydrogen-bond donors (Lipinski definition) is 1. The summed E-state index contributed by atoms with van der Waals surface area (Å²) in [4.78, 5) is 0. The first kappa shape index (κ1) is 16.1. The molecule has 2 N–H and O–H groups in total. The summed E-state index contributed by atoms with van der Waals surface area (Å²) in [5.74, 6) is 0. The number of benzene rings is 1. The molecule has 2 rings (SSSR count). The number of aromatic nitrogens is 2. The molecule has 2 aromatic rings. The van der Waals surface area contributed by atoms with Crippen LogP contribution in [0.4, 0.5) is 0 Å². The summed E-state index contributed by atoms with van der Waals surface area (Å²) in [6.07, 6.45) is 1.89. The Morgan fingerprint density at radius 3 is 2.29 bits per heavy atom. The zero-order valence-electron chi connectivity index (χ0n) is 13.2. The van der Waals surface area contributed by atoms with Gasteiger partial charge in [-0.3, -0.25) is 4.68 Å². The van der Waals surface area contributed by atoms with Gasteiger partial charge in [0.15, 0.2) is 0 Å². The summed E-state index contributed by atoms with van der Waals surface area (Å²) in [5.41, 5.74) is 11.2. The van der Waals surface area contributed by atoms with E-state index in [-0.39, 0.29) is 12.1 Å². The fourth-order valence-electron chi connectivity index (χ4n) is 2.93. The second-order valence-electron chi connectivity index (χ2n) is 5.52. The molecule has 1 heterocycles. The fraction of sp³-hybridized carbons (Fsp3) is 0.471. The van der Waals surface area contributed by atoms with Crippen molar-refractivity contribution in [3.8, 4) is 0 Å². The zero-order chi connectivity index (χ0) is 15.6. The van der Waals surface area contributed by atoms with Crippen molar-refractivity contribution in [2.45, 2.75) is 52.6 Å². The van der Waals surface area contributed by atoms with Crippen molar-refractivity contribution >= 4 is 11.6 Å². The molecule has 0 bridgehead atoms. The van der Waals surface area contributed by atoms with Gasteiger partial charge in [-0.15, -0.1) is 0 Å². The van der Waals surface area contributed by atoms with Crippen LogP contribution in [0.2, 0.25) is 5.02 Å². The molecule has 2 unspecified atom stereocenters. The molecule has 0 aliphatic heterocycles. The van der Waals surface area contributed by atoms with Crippen molar-refractivity contribution in [3.63, 3.8) is 0 Å². The average Bonchev–Trinajstić information content (AvgIpc) is 2.75. The Kier molecular flexibility index (Phi) is 5.07. The molecule has 0 spiro atoms. The van der Waals surface area contributed by atoms with Crippen LogP contribution in [0.1, 0.15) is 48.8 Å². The minimum atomic E-state index is 0.0221. The lowest BCUT2D eigenvalue weighted by molar-refractivity contribution is 0.415. The van der Waals surface area contributed by atoms with Crippen molar-refractivity contribution < 1.29 is 0 Å². The maximum Gasteiger partial charge on any atom is 0.0922 e. The second kappa shape index (κ2) is 6.63. The normalized spacial score (nSPS) is 14.2. The number of nitrogens with zero attached hydrogens (tertiary/aromatic N) is 2. The number of aryl methyl sites for hydroxylation is 1. The second-order valence-corrected chi connectivity index (χ2v) is 5.95. The van der Waals surface area contributed by atoms with Crippen molar-refractivity contribution in [1.29, 1.82) is 0 Å². The van der Waals surface area contributed by atoms with Crippen LogP contribution in [-0.4, -0.2) is 15.8 Å². The van der Waals surface area contributed by atoms with E-state index in [2.05, 4.69) is 32.4 Å². The smallest absolute Gasteiger partial charge is 0.0922 e. The molecule has 0 aliphatic carbocycles. The van der Waals surface area contributed by atoms with Gasteiger partial charge >= 0.3 is 0 Å². The lowest BCUT2D eigenvalue weighted by Gasteiger charge is -2.25. The van der Waals surface area contributed by atoms with Gasteiger partial charge in [0.1, 0.15) is 0 Å². The van der Waals surface area contributed by atoms with Gasteiger partial charge in [0.05, 0.1) is 11.7 Å². The maximum atomic E-state index is 6.40. The monoisotopic (exact) mass is 305 g/mol. The molecule has 0 aliphatic rings. The van der Waals surface area contributed by atoms with E-state index in [0.717, 1.165) is 29.1 Å². The van der Waals surface area contributed by atoms with Crippen LogP contribution < -0.4 is 5.73 Å². The number of rotatable bonds is 5. The summed E-state index contributed by atoms with van der Waals surface area (Å²) in [6.45, 7) is 8.47. The van der Waals surface area contributed by atoms with Gasteiger partial charge in [-0.2, -0.15) is 5.10 Å². The first-order chi connectivity index (χ1) is 9.99. The van der Waals surface area contributed by atoms with Crippen LogP contribution in [0.25, 0.3) is 0 Å². The highest BCUT2D eigenvalue weighted by atomic mass is 35.5. The third-order valence-corrected chi connectivity index (χ3v) is 4.43. The van der Waals surface area contributed by atoms with Gasteiger partial charge in [-0.1, -0.05) is 37.6 Å². The van der Waals surface area contributed by atoms with Gasteiger partial charge in [0, 0.05) is 16.8 Å². The van der Waals surface area contributed by atoms with E-state index >= 15 is 0 Å². The van der Waals surface area contributed by atoms with E-state index in [9.17, 15) is 0 Å². The number of hydrogen-bond acceptors (Lipinski definition) is 2. The van der Waals surface area contributed by atoms with E-state index in [1.165, 1.54) is 11.3 Å². The lowest BCUT2D eigenvalue weighted by Crippen LogP contribution is -2.33. The summed E-state index contributed by atoms with van der Waals surface area (Å²) in [5, 5.41) is 5.49. The molecular weight excluding hydrogens is 282 g/mol. The highest BCUT2D eigenvalue weighted by molar-refractivity contribution is 6.30. The largest absolute Gasteiger partial charge is 0.326 e. The molecule has 0 amide bonds. The molecule has 3 nitrogen and oxygen atoms in total. The molecule has 0 radical (unpaired) electrons. The maximum absolute atomic E-state index is 6.40. The highest BCUT2D eigenvalue weighted by Crippen LogP contribution is 2.27. The topological polar surface area (TPSA) is 43.8 Å². The molecule has 0 saturated heterocycles. The van der Waals surface area contributed by atoms with Crippen LogP contribution in [-0.2, 0) is 6.42 Å². The summed E-state index contributed by atoms with van der Waals surface area (Å²) < 4.78 is 2.09. The molecule has 1 aromatic heterocycles. The van der Waals surface area contributed by atoms with Crippen LogP contribution >= 0.6 is 11.6 Å². The minimum absolute atomic E-state index is 0.0221. The van der Waals surface area contributed by atoms with Crippen LogP contribution in [0.15, 0.2) is 24.3 Å².